The molecule has 0 aliphatic heterocycles. The first kappa shape index (κ1) is 17.7. The molecule has 1 N–H and O–H groups in total. The molecule has 0 radical (unpaired) electrons. The van der Waals surface area contributed by atoms with Crippen LogP contribution in [0.4, 0.5) is 13.2 Å². The summed E-state index contributed by atoms with van der Waals surface area (Å²) in [5.41, 5.74) is -1.13. The molecule has 0 amide bonds. The van der Waals surface area contributed by atoms with Gasteiger partial charge in [-0.2, -0.15) is 13.2 Å². The molecule has 2 aromatic heterocycles. The Balaban J connectivity index is 2.16. The summed E-state index contributed by atoms with van der Waals surface area (Å²) in [6.07, 6.45) is -4.83. The van der Waals surface area contributed by atoms with Gasteiger partial charge in [0, 0.05) is 10.9 Å². The van der Waals surface area contributed by atoms with Crippen molar-refractivity contribution in [1.82, 2.24) is 9.97 Å². The van der Waals surface area contributed by atoms with E-state index in [2.05, 4.69) is 9.97 Å². The van der Waals surface area contributed by atoms with E-state index in [0.29, 0.717) is 11.3 Å². The van der Waals surface area contributed by atoms with Gasteiger partial charge in [0.2, 0.25) is 0 Å². The predicted octanol–water partition coefficient (Wildman–Crippen LogP) is 4.20. The van der Waals surface area contributed by atoms with Gasteiger partial charge < -0.3 is 9.84 Å². The summed E-state index contributed by atoms with van der Waals surface area (Å²) in [4.78, 5) is 19.6. The lowest BCUT2D eigenvalue weighted by Crippen LogP contribution is -2.17. The molecule has 0 aliphatic carbocycles. The second-order valence-electron chi connectivity index (χ2n) is 5.39. The highest BCUT2D eigenvalue weighted by Crippen LogP contribution is 2.33. The Kier molecular flexibility index (Phi) is 4.50. The zero-order chi connectivity index (χ0) is 18.9. The summed E-state index contributed by atoms with van der Waals surface area (Å²) < 4.78 is 44.7. The van der Waals surface area contributed by atoms with E-state index in [9.17, 15) is 23.1 Å². The van der Waals surface area contributed by atoms with Crippen molar-refractivity contribution in [3.63, 3.8) is 0 Å². The number of hydrogen-bond donors (Lipinski definition) is 1. The quantitative estimate of drug-likeness (QED) is 0.707. The molecule has 0 atom stereocenters. The Labute approximate surface area is 146 Å². The fraction of sp³-hybridized carbons (Fsp3) is 0.167. The summed E-state index contributed by atoms with van der Waals surface area (Å²) in [7, 11) is 0. The average molecular weight is 362 g/mol. The number of fused-ring (bicyclic) bond motifs is 1. The fourth-order valence-corrected chi connectivity index (χ4v) is 2.42. The molecule has 26 heavy (non-hydrogen) atoms. The largest absolute Gasteiger partial charge is 0.508 e. The van der Waals surface area contributed by atoms with Crippen LogP contribution < -0.4 is 0 Å². The maximum atomic E-state index is 13.3. The Morgan fingerprint density at radius 3 is 2.42 bits per heavy atom. The van der Waals surface area contributed by atoms with Crippen LogP contribution in [0.15, 0.2) is 42.5 Å². The topological polar surface area (TPSA) is 72.3 Å². The summed E-state index contributed by atoms with van der Waals surface area (Å²) in [6.45, 7) is 1.46. The highest BCUT2D eigenvalue weighted by Gasteiger charge is 2.38. The van der Waals surface area contributed by atoms with Crippen LogP contribution in [0.1, 0.15) is 23.0 Å². The second-order valence-corrected chi connectivity index (χ2v) is 5.39. The number of esters is 1. The molecule has 8 heteroatoms. The first-order chi connectivity index (χ1) is 12.3. The summed E-state index contributed by atoms with van der Waals surface area (Å²) in [5, 5.41) is 9.61. The SMILES string of the molecule is CCOC(=O)c1cc2ccc(-c3ccc(O)cc3)nc2nc1C(F)(F)F. The third-order valence-corrected chi connectivity index (χ3v) is 3.60. The molecule has 134 valence electrons. The van der Waals surface area contributed by atoms with Crippen molar-refractivity contribution in [3.05, 3.63) is 53.7 Å². The summed E-state index contributed by atoms with van der Waals surface area (Å²) in [6, 6.07) is 10.3. The van der Waals surface area contributed by atoms with Crippen LogP contribution in [0, 0.1) is 0 Å². The molecule has 1 aromatic carbocycles. The molecule has 3 rings (SSSR count). The number of phenols is 1. The lowest BCUT2D eigenvalue weighted by molar-refractivity contribution is -0.141. The normalized spacial score (nSPS) is 11.5. The van der Waals surface area contributed by atoms with Crippen molar-refractivity contribution in [2.45, 2.75) is 13.1 Å². The molecule has 0 saturated carbocycles. The predicted molar refractivity (Wildman–Crippen MR) is 87.6 cm³/mol. The van der Waals surface area contributed by atoms with E-state index >= 15 is 0 Å². The van der Waals surface area contributed by atoms with Crippen LogP contribution in [0.25, 0.3) is 22.3 Å². The van der Waals surface area contributed by atoms with E-state index in [0.717, 1.165) is 6.07 Å². The summed E-state index contributed by atoms with van der Waals surface area (Å²) >= 11 is 0. The number of aromatic hydroxyl groups is 1. The van der Waals surface area contributed by atoms with Crippen molar-refractivity contribution >= 4 is 17.0 Å². The van der Waals surface area contributed by atoms with Gasteiger partial charge in [0.05, 0.1) is 17.9 Å². The van der Waals surface area contributed by atoms with Gasteiger partial charge >= 0.3 is 12.1 Å². The van der Waals surface area contributed by atoms with Crippen molar-refractivity contribution in [1.29, 1.82) is 0 Å². The van der Waals surface area contributed by atoms with Crippen molar-refractivity contribution in [2.24, 2.45) is 0 Å². The van der Waals surface area contributed by atoms with Crippen molar-refractivity contribution in [2.75, 3.05) is 6.61 Å². The van der Waals surface area contributed by atoms with E-state index in [-0.39, 0.29) is 23.4 Å². The number of rotatable bonds is 3. The zero-order valence-corrected chi connectivity index (χ0v) is 13.5. The van der Waals surface area contributed by atoms with Crippen LogP contribution in [0.5, 0.6) is 5.75 Å². The smallest absolute Gasteiger partial charge is 0.434 e. The molecule has 0 fully saturated rings. The third-order valence-electron chi connectivity index (χ3n) is 3.60. The minimum Gasteiger partial charge on any atom is -0.508 e. The van der Waals surface area contributed by atoms with Gasteiger partial charge in [0.15, 0.2) is 11.3 Å². The lowest BCUT2D eigenvalue weighted by Gasteiger charge is -2.12. The van der Waals surface area contributed by atoms with Gasteiger partial charge in [-0.25, -0.2) is 14.8 Å². The maximum Gasteiger partial charge on any atom is 0.434 e. The summed E-state index contributed by atoms with van der Waals surface area (Å²) in [5.74, 6) is -1.03. The highest BCUT2D eigenvalue weighted by atomic mass is 19.4. The Morgan fingerprint density at radius 1 is 1.12 bits per heavy atom. The molecular weight excluding hydrogens is 349 g/mol. The molecule has 0 bridgehead atoms. The molecule has 0 aliphatic rings. The molecule has 0 saturated heterocycles. The van der Waals surface area contributed by atoms with Crippen LogP contribution in [0.3, 0.4) is 0 Å². The van der Waals surface area contributed by atoms with E-state index < -0.39 is 23.4 Å². The number of nitrogens with zero attached hydrogens (tertiary/aromatic N) is 2. The third kappa shape index (κ3) is 3.44. The number of phenolic OH excluding ortho intramolecular Hbond substituents is 1. The molecular formula is C18H13F3N2O3. The van der Waals surface area contributed by atoms with Gasteiger partial charge in [-0.1, -0.05) is 0 Å². The lowest BCUT2D eigenvalue weighted by atomic mass is 10.1. The van der Waals surface area contributed by atoms with Gasteiger partial charge in [-0.05, 0) is 49.4 Å². The van der Waals surface area contributed by atoms with E-state index in [4.69, 9.17) is 4.74 Å². The van der Waals surface area contributed by atoms with E-state index in [1.165, 1.54) is 25.1 Å². The van der Waals surface area contributed by atoms with Crippen LogP contribution in [-0.2, 0) is 10.9 Å². The number of halogens is 3. The standard InChI is InChI=1S/C18H13F3N2O3/c1-2-26-17(25)13-9-11-5-8-14(10-3-6-12(24)7-4-10)22-16(11)23-15(13)18(19,20)21/h3-9,24H,2H2,1H3. The first-order valence-corrected chi connectivity index (χ1v) is 7.65. The molecule has 3 aromatic rings. The van der Waals surface area contributed by atoms with Crippen molar-refractivity contribution < 1.29 is 27.8 Å². The minimum atomic E-state index is -4.83. The molecule has 5 nitrogen and oxygen atoms in total. The van der Waals surface area contributed by atoms with E-state index in [1.54, 1.807) is 18.2 Å². The zero-order valence-electron chi connectivity index (χ0n) is 13.5. The number of pyridine rings is 2. The molecule has 0 unspecified atom stereocenters. The van der Waals surface area contributed by atoms with Crippen molar-refractivity contribution in [3.8, 4) is 17.0 Å². The number of hydrogen-bond acceptors (Lipinski definition) is 5. The van der Waals surface area contributed by atoms with Crippen LogP contribution in [-0.4, -0.2) is 27.7 Å². The van der Waals surface area contributed by atoms with Crippen LogP contribution in [0.2, 0.25) is 0 Å². The van der Waals surface area contributed by atoms with E-state index in [1.807, 2.05) is 0 Å². The number of carbonyl (C=O) groups excluding carboxylic acids is 1. The fourth-order valence-electron chi connectivity index (χ4n) is 2.42. The van der Waals surface area contributed by atoms with Gasteiger partial charge in [0.25, 0.3) is 0 Å². The van der Waals surface area contributed by atoms with Gasteiger partial charge in [0.1, 0.15) is 5.75 Å². The number of benzene rings is 1. The Bertz CT molecular complexity index is 970. The number of alkyl halides is 3. The Morgan fingerprint density at radius 2 is 1.81 bits per heavy atom. The Hall–Kier alpha value is -3.16. The van der Waals surface area contributed by atoms with Crippen LogP contribution >= 0.6 is 0 Å². The maximum absolute atomic E-state index is 13.3. The molecule has 2 heterocycles. The monoisotopic (exact) mass is 362 g/mol. The number of ether oxygens (including phenoxy) is 1. The second kappa shape index (κ2) is 6.62. The average Bonchev–Trinajstić information content (AvgIpc) is 2.60. The highest BCUT2D eigenvalue weighted by molar-refractivity contribution is 5.95. The number of aromatic nitrogens is 2. The van der Waals surface area contributed by atoms with Gasteiger partial charge in [-0.3, -0.25) is 0 Å². The first-order valence-electron chi connectivity index (χ1n) is 7.65. The molecule has 0 spiro atoms. The van der Waals surface area contributed by atoms with Gasteiger partial charge in [-0.15, -0.1) is 0 Å². The number of carbonyl (C=O) groups is 1. The minimum absolute atomic E-state index is 0.0494.